The Balaban J connectivity index is 1.51. The lowest BCUT2D eigenvalue weighted by Crippen LogP contribution is -2.37. The molecule has 1 saturated heterocycles. The number of morpholine rings is 1. The van der Waals surface area contributed by atoms with Crippen molar-refractivity contribution in [3.05, 3.63) is 11.6 Å². The predicted molar refractivity (Wildman–Crippen MR) is 72.2 cm³/mol. The number of hydrogen-bond donors (Lipinski definition) is 1. The highest BCUT2D eigenvalue weighted by Gasteiger charge is 2.15. The van der Waals surface area contributed by atoms with Gasteiger partial charge in [0.25, 0.3) is 0 Å². The summed E-state index contributed by atoms with van der Waals surface area (Å²) < 4.78 is 7.67. The molecule has 0 spiro atoms. The summed E-state index contributed by atoms with van der Waals surface area (Å²) in [7, 11) is 0. The van der Waals surface area contributed by atoms with Crippen LogP contribution in [0.5, 0.6) is 0 Å². The fourth-order valence-corrected chi connectivity index (χ4v) is 2.80. The molecule has 6 nitrogen and oxygen atoms in total. The van der Waals surface area contributed by atoms with Crippen molar-refractivity contribution in [2.45, 2.75) is 25.8 Å². The third kappa shape index (κ3) is 3.32. The first kappa shape index (κ1) is 13.0. The minimum absolute atomic E-state index is 0.881. The highest BCUT2D eigenvalue weighted by atomic mass is 16.5. The van der Waals surface area contributed by atoms with Crippen LogP contribution in [0, 0.1) is 0 Å². The average Bonchev–Trinajstić information content (AvgIpc) is 2.69. The van der Waals surface area contributed by atoms with Crippen LogP contribution in [0.1, 0.15) is 18.1 Å². The maximum Gasteiger partial charge on any atom is 0.134 e. The molecule has 0 atom stereocenters. The van der Waals surface area contributed by atoms with Gasteiger partial charge in [-0.15, -0.1) is 10.2 Å². The van der Waals surface area contributed by atoms with E-state index < -0.39 is 0 Å². The molecule has 1 N–H and O–H groups in total. The first-order valence-electron chi connectivity index (χ1n) is 7.35. The Bertz CT molecular complexity index is 400. The summed E-state index contributed by atoms with van der Waals surface area (Å²) in [5.74, 6) is 2.30. The molecule has 1 aromatic rings. The Labute approximate surface area is 114 Å². The van der Waals surface area contributed by atoms with Crippen LogP contribution in [0.4, 0.5) is 0 Å². The van der Waals surface area contributed by atoms with E-state index in [1.54, 1.807) is 0 Å². The molecule has 3 rings (SSSR count). The zero-order chi connectivity index (χ0) is 12.9. The zero-order valence-electron chi connectivity index (χ0n) is 11.5. The Morgan fingerprint density at radius 1 is 1.11 bits per heavy atom. The topological polar surface area (TPSA) is 55.2 Å². The standard InChI is InChI=1S/C13H23N5O/c1(6-17-8-10-19-11-9-17)2-12-15-16-13-3-4-14-5-7-18(12)13/h14H,1-11H2. The van der Waals surface area contributed by atoms with Crippen molar-refractivity contribution < 1.29 is 4.74 Å². The lowest BCUT2D eigenvalue weighted by Gasteiger charge is -2.26. The monoisotopic (exact) mass is 265 g/mol. The van der Waals surface area contributed by atoms with Crippen LogP contribution in [0.3, 0.4) is 0 Å². The summed E-state index contributed by atoms with van der Waals surface area (Å²) in [6.07, 6.45) is 3.19. The van der Waals surface area contributed by atoms with Crippen LogP contribution in [-0.2, 0) is 24.1 Å². The Kier molecular flexibility index (Phi) is 4.42. The summed E-state index contributed by atoms with van der Waals surface area (Å²) >= 11 is 0. The van der Waals surface area contributed by atoms with E-state index in [1.807, 2.05) is 0 Å². The Morgan fingerprint density at radius 2 is 2.00 bits per heavy atom. The van der Waals surface area contributed by atoms with Gasteiger partial charge in [0.1, 0.15) is 11.6 Å². The van der Waals surface area contributed by atoms with Crippen LogP contribution in [0.25, 0.3) is 0 Å². The van der Waals surface area contributed by atoms with Gasteiger partial charge in [0, 0.05) is 45.6 Å². The molecule has 1 aromatic heterocycles. The molecule has 2 aliphatic rings. The maximum atomic E-state index is 5.37. The van der Waals surface area contributed by atoms with Crippen LogP contribution >= 0.6 is 0 Å². The molecule has 0 radical (unpaired) electrons. The van der Waals surface area contributed by atoms with E-state index in [4.69, 9.17) is 4.74 Å². The second-order valence-corrected chi connectivity index (χ2v) is 5.24. The maximum absolute atomic E-state index is 5.37. The number of rotatable bonds is 4. The first-order chi connectivity index (χ1) is 9.43. The van der Waals surface area contributed by atoms with Crippen molar-refractivity contribution in [2.75, 3.05) is 45.9 Å². The first-order valence-corrected chi connectivity index (χ1v) is 7.35. The van der Waals surface area contributed by atoms with Gasteiger partial charge >= 0.3 is 0 Å². The van der Waals surface area contributed by atoms with Gasteiger partial charge in [0.15, 0.2) is 0 Å². The van der Waals surface area contributed by atoms with E-state index in [-0.39, 0.29) is 0 Å². The second kappa shape index (κ2) is 6.45. The minimum atomic E-state index is 0.881. The van der Waals surface area contributed by atoms with E-state index in [2.05, 4.69) is 25.0 Å². The van der Waals surface area contributed by atoms with Crippen LogP contribution in [0.2, 0.25) is 0 Å². The summed E-state index contributed by atoms with van der Waals surface area (Å²) in [5.41, 5.74) is 0. The lowest BCUT2D eigenvalue weighted by atomic mass is 10.2. The van der Waals surface area contributed by atoms with E-state index in [1.165, 1.54) is 0 Å². The van der Waals surface area contributed by atoms with Gasteiger partial charge in [-0.3, -0.25) is 4.90 Å². The quantitative estimate of drug-likeness (QED) is 0.809. The van der Waals surface area contributed by atoms with Gasteiger partial charge < -0.3 is 14.6 Å². The number of aromatic nitrogens is 3. The summed E-state index contributed by atoms with van der Waals surface area (Å²) in [4.78, 5) is 2.48. The minimum Gasteiger partial charge on any atom is -0.379 e. The fourth-order valence-electron chi connectivity index (χ4n) is 2.80. The van der Waals surface area contributed by atoms with Gasteiger partial charge in [0.2, 0.25) is 0 Å². The van der Waals surface area contributed by atoms with Crippen LogP contribution < -0.4 is 5.32 Å². The molecule has 0 saturated carbocycles. The summed E-state index contributed by atoms with van der Waals surface area (Å²) in [6, 6.07) is 0. The zero-order valence-corrected chi connectivity index (χ0v) is 11.5. The molecule has 0 aliphatic carbocycles. The number of nitrogens with one attached hydrogen (secondary N) is 1. The molecular weight excluding hydrogens is 242 g/mol. The summed E-state index contributed by atoms with van der Waals surface area (Å²) in [6.45, 7) is 8.11. The molecule has 0 bridgehead atoms. The highest BCUT2D eigenvalue weighted by molar-refractivity contribution is 4.98. The number of ether oxygens (including phenoxy) is 1. The molecule has 0 unspecified atom stereocenters. The van der Waals surface area contributed by atoms with E-state index in [0.29, 0.717) is 0 Å². The smallest absolute Gasteiger partial charge is 0.134 e. The van der Waals surface area contributed by atoms with Gasteiger partial charge in [0.05, 0.1) is 13.2 Å². The number of nitrogens with zero attached hydrogens (tertiary/aromatic N) is 4. The molecule has 0 aromatic carbocycles. The van der Waals surface area contributed by atoms with E-state index in [0.717, 1.165) is 83.4 Å². The van der Waals surface area contributed by atoms with Crippen molar-refractivity contribution in [3.8, 4) is 0 Å². The van der Waals surface area contributed by atoms with Crippen LogP contribution in [0.15, 0.2) is 0 Å². The van der Waals surface area contributed by atoms with Crippen molar-refractivity contribution in [1.29, 1.82) is 0 Å². The molecular formula is C13H23N5O. The summed E-state index contributed by atoms with van der Waals surface area (Å²) in [5, 5.41) is 12.1. The highest BCUT2D eigenvalue weighted by Crippen LogP contribution is 2.08. The van der Waals surface area contributed by atoms with Gasteiger partial charge in [-0.25, -0.2) is 0 Å². The van der Waals surface area contributed by atoms with Gasteiger partial charge in [-0.1, -0.05) is 0 Å². The number of hydrogen-bond acceptors (Lipinski definition) is 5. The number of fused-ring (bicyclic) bond motifs is 1. The number of aryl methyl sites for hydroxylation is 1. The second-order valence-electron chi connectivity index (χ2n) is 5.24. The largest absolute Gasteiger partial charge is 0.379 e. The van der Waals surface area contributed by atoms with Gasteiger partial charge in [-0.05, 0) is 13.0 Å². The molecule has 1 fully saturated rings. The third-order valence-electron chi connectivity index (χ3n) is 3.92. The molecule has 19 heavy (non-hydrogen) atoms. The normalized spacial score (nSPS) is 21.1. The molecule has 106 valence electrons. The predicted octanol–water partition coefficient (Wildman–Crippen LogP) is -0.311. The SMILES string of the molecule is C(Cc1nnc2n1CCNCC2)CN1CCOCC1. The Morgan fingerprint density at radius 3 is 2.89 bits per heavy atom. The van der Waals surface area contributed by atoms with Crippen molar-refractivity contribution in [1.82, 2.24) is 25.0 Å². The molecule has 3 heterocycles. The fraction of sp³-hybridized carbons (Fsp3) is 0.846. The van der Waals surface area contributed by atoms with Crippen molar-refractivity contribution >= 4 is 0 Å². The van der Waals surface area contributed by atoms with Crippen LogP contribution in [-0.4, -0.2) is 65.6 Å². The van der Waals surface area contributed by atoms with E-state index >= 15 is 0 Å². The average molecular weight is 265 g/mol. The Hall–Kier alpha value is -0.980. The van der Waals surface area contributed by atoms with Crippen molar-refractivity contribution in [3.63, 3.8) is 0 Å². The lowest BCUT2D eigenvalue weighted by molar-refractivity contribution is 0.0374. The third-order valence-corrected chi connectivity index (χ3v) is 3.92. The molecule has 2 aliphatic heterocycles. The van der Waals surface area contributed by atoms with Gasteiger partial charge in [-0.2, -0.15) is 0 Å². The molecule has 0 amide bonds. The molecule has 6 heteroatoms. The van der Waals surface area contributed by atoms with E-state index in [9.17, 15) is 0 Å². The van der Waals surface area contributed by atoms with Crippen molar-refractivity contribution in [2.24, 2.45) is 0 Å².